The van der Waals surface area contributed by atoms with Crippen LogP contribution >= 0.6 is 24.0 Å². The van der Waals surface area contributed by atoms with Crippen LogP contribution in [0.1, 0.15) is 12.5 Å². The van der Waals surface area contributed by atoms with Crippen LogP contribution in [0.2, 0.25) is 0 Å². The van der Waals surface area contributed by atoms with Crippen molar-refractivity contribution in [3.8, 4) is 17.2 Å². The third-order valence-corrected chi connectivity index (χ3v) is 5.21. The first-order valence-electron chi connectivity index (χ1n) is 8.30. The monoisotopic (exact) mass is 401 g/mol. The van der Waals surface area contributed by atoms with Crippen molar-refractivity contribution >= 4 is 46.0 Å². The molecule has 27 heavy (non-hydrogen) atoms. The maximum Gasteiger partial charge on any atom is 0.270 e. The molecule has 1 saturated heterocycles. The van der Waals surface area contributed by atoms with Crippen LogP contribution in [0.15, 0.2) is 47.4 Å². The summed E-state index contributed by atoms with van der Waals surface area (Å²) in [7, 11) is 3.15. The second-order valence-electron chi connectivity index (χ2n) is 5.53. The quantitative estimate of drug-likeness (QED) is 0.524. The second kappa shape index (κ2) is 8.45. The normalized spacial score (nSPS) is 15.4. The van der Waals surface area contributed by atoms with Gasteiger partial charge in [-0.3, -0.25) is 9.69 Å². The van der Waals surface area contributed by atoms with E-state index in [2.05, 4.69) is 0 Å². The highest BCUT2D eigenvalue weighted by molar-refractivity contribution is 8.27. The summed E-state index contributed by atoms with van der Waals surface area (Å²) in [4.78, 5) is 15.0. The molecule has 0 radical (unpaired) electrons. The summed E-state index contributed by atoms with van der Waals surface area (Å²) in [5.74, 6) is 1.70. The van der Waals surface area contributed by atoms with E-state index in [1.165, 1.54) is 16.7 Å². The average Bonchev–Trinajstić information content (AvgIpc) is 2.96. The topological polar surface area (TPSA) is 48.0 Å². The van der Waals surface area contributed by atoms with Crippen LogP contribution in [0, 0.1) is 0 Å². The highest BCUT2D eigenvalue weighted by atomic mass is 32.2. The Morgan fingerprint density at radius 2 is 1.81 bits per heavy atom. The number of thiocarbonyl (C=S) groups is 1. The number of hydrogen-bond acceptors (Lipinski definition) is 6. The van der Waals surface area contributed by atoms with Crippen LogP contribution in [-0.4, -0.2) is 31.1 Å². The van der Waals surface area contributed by atoms with Crippen molar-refractivity contribution in [1.29, 1.82) is 0 Å². The van der Waals surface area contributed by atoms with E-state index in [9.17, 15) is 4.79 Å². The van der Waals surface area contributed by atoms with Crippen LogP contribution in [0.3, 0.4) is 0 Å². The number of methoxy groups -OCH3 is 2. The molecule has 1 heterocycles. The van der Waals surface area contributed by atoms with Crippen molar-refractivity contribution in [3.05, 3.63) is 52.9 Å². The fourth-order valence-corrected chi connectivity index (χ4v) is 3.97. The number of thioether (sulfide) groups is 1. The molecule has 0 aliphatic carbocycles. The van der Waals surface area contributed by atoms with Crippen molar-refractivity contribution < 1.29 is 19.0 Å². The number of carbonyl (C=O) groups excluding carboxylic acids is 1. The Balaban J connectivity index is 1.93. The zero-order valence-electron chi connectivity index (χ0n) is 15.2. The third-order valence-electron chi connectivity index (χ3n) is 3.91. The van der Waals surface area contributed by atoms with Crippen molar-refractivity contribution in [2.24, 2.45) is 0 Å². The maximum absolute atomic E-state index is 13.0. The van der Waals surface area contributed by atoms with Crippen molar-refractivity contribution in [2.75, 3.05) is 25.7 Å². The lowest BCUT2D eigenvalue weighted by Crippen LogP contribution is -2.27. The first-order chi connectivity index (χ1) is 13.1. The summed E-state index contributed by atoms with van der Waals surface area (Å²) >= 11 is 6.69. The molecular weight excluding hydrogens is 382 g/mol. The van der Waals surface area contributed by atoms with Gasteiger partial charge in [0.05, 0.1) is 31.4 Å². The van der Waals surface area contributed by atoms with E-state index in [0.717, 1.165) is 5.56 Å². The van der Waals surface area contributed by atoms with Gasteiger partial charge in [0.2, 0.25) is 0 Å². The molecule has 2 aromatic carbocycles. The van der Waals surface area contributed by atoms with Gasteiger partial charge in [0.25, 0.3) is 5.91 Å². The minimum absolute atomic E-state index is 0.178. The first kappa shape index (κ1) is 19.3. The summed E-state index contributed by atoms with van der Waals surface area (Å²) < 4.78 is 16.7. The van der Waals surface area contributed by atoms with Crippen molar-refractivity contribution in [2.45, 2.75) is 6.92 Å². The molecule has 0 unspecified atom stereocenters. The molecule has 0 atom stereocenters. The van der Waals surface area contributed by atoms with Gasteiger partial charge in [-0.05, 0) is 42.8 Å². The lowest BCUT2D eigenvalue weighted by Gasteiger charge is -2.17. The highest BCUT2D eigenvalue weighted by Gasteiger charge is 2.34. The smallest absolute Gasteiger partial charge is 0.270 e. The number of para-hydroxylation sites is 2. The van der Waals surface area contributed by atoms with E-state index in [0.29, 0.717) is 38.8 Å². The molecule has 2 aromatic rings. The molecule has 1 fully saturated rings. The summed E-state index contributed by atoms with van der Waals surface area (Å²) in [5, 5.41) is 0. The Kier molecular flexibility index (Phi) is 6.03. The fourth-order valence-electron chi connectivity index (χ4n) is 2.69. The summed E-state index contributed by atoms with van der Waals surface area (Å²) in [6.45, 7) is 2.46. The Morgan fingerprint density at radius 1 is 1.07 bits per heavy atom. The number of carbonyl (C=O) groups is 1. The van der Waals surface area contributed by atoms with Gasteiger partial charge in [-0.25, -0.2) is 0 Å². The Labute approximate surface area is 167 Å². The van der Waals surface area contributed by atoms with Crippen molar-refractivity contribution in [3.63, 3.8) is 0 Å². The Hall–Kier alpha value is -2.51. The zero-order chi connectivity index (χ0) is 19.4. The number of nitrogens with zero attached hydrogens (tertiary/aromatic N) is 1. The molecule has 1 aliphatic rings. The number of amides is 1. The van der Waals surface area contributed by atoms with Crippen LogP contribution in [0.25, 0.3) is 6.08 Å². The molecule has 0 aromatic heterocycles. The molecular formula is C20H19NO4S2. The number of rotatable bonds is 6. The maximum atomic E-state index is 13.0. The molecule has 3 rings (SSSR count). The molecule has 0 bridgehead atoms. The average molecular weight is 402 g/mol. The Morgan fingerprint density at radius 3 is 2.52 bits per heavy atom. The van der Waals surface area contributed by atoms with E-state index in [1.54, 1.807) is 26.4 Å². The number of ether oxygens (including phenoxy) is 3. The minimum atomic E-state index is -0.178. The number of anilines is 1. The fraction of sp³-hybridized carbons (Fsp3) is 0.200. The molecule has 0 spiro atoms. The van der Waals surface area contributed by atoms with Gasteiger partial charge in [0.15, 0.2) is 15.8 Å². The van der Waals surface area contributed by atoms with E-state index >= 15 is 0 Å². The van der Waals surface area contributed by atoms with E-state index in [1.807, 2.05) is 43.3 Å². The van der Waals surface area contributed by atoms with Gasteiger partial charge < -0.3 is 14.2 Å². The summed E-state index contributed by atoms with van der Waals surface area (Å²) in [5.41, 5.74) is 1.46. The van der Waals surface area contributed by atoms with Gasteiger partial charge in [-0.2, -0.15) is 0 Å². The third kappa shape index (κ3) is 3.94. The summed E-state index contributed by atoms with van der Waals surface area (Å²) in [6, 6.07) is 12.8. The predicted octanol–water partition coefficient (Wildman–Crippen LogP) is 4.51. The van der Waals surface area contributed by atoms with Gasteiger partial charge in [0, 0.05) is 0 Å². The SMILES string of the molecule is CCOc1ccc(/C=C2\SC(=S)N(c3ccccc3OC)C2=O)cc1OC. The van der Waals surface area contributed by atoms with E-state index in [4.69, 9.17) is 26.4 Å². The number of benzene rings is 2. The van der Waals surface area contributed by atoms with Gasteiger partial charge in [-0.15, -0.1) is 0 Å². The molecule has 1 aliphatic heterocycles. The van der Waals surface area contributed by atoms with Crippen LogP contribution < -0.4 is 19.1 Å². The first-order valence-corrected chi connectivity index (χ1v) is 9.53. The summed E-state index contributed by atoms with van der Waals surface area (Å²) in [6.07, 6.45) is 1.80. The standard InChI is InChI=1S/C20H19NO4S2/c1-4-25-16-10-9-13(11-17(16)24-3)12-18-19(22)21(20(26)27-18)14-7-5-6-8-15(14)23-2/h5-12H,4H2,1-3H3/b18-12-. The molecule has 0 saturated carbocycles. The molecule has 7 heteroatoms. The van der Waals surface area contributed by atoms with Gasteiger partial charge in [0.1, 0.15) is 5.75 Å². The lowest BCUT2D eigenvalue weighted by molar-refractivity contribution is -0.113. The molecule has 1 amide bonds. The van der Waals surface area contributed by atoms with E-state index < -0.39 is 0 Å². The van der Waals surface area contributed by atoms with Crippen LogP contribution in [0.4, 0.5) is 5.69 Å². The largest absolute Gasteiger partial charge is 0.495 e. The van der Waals surface area contributed by atoms with Crippen LogP contribution in [0.5, 0.6) is 17.2 Å². The van der Waals surface area contributed by atoms with E-state index in [-0.39, 0.29) is 5.91 Å². The lowest BCUT2D eigenvalue weighted by atomic mass is 10.1. The Bertz CT molecular complexity index is 911. The van der Waals surface area contributed by atoms with Gasteiger partial charge >= 0.3 is 0 Å². The predicted molar refractivity (Wildman–Crippen MR) is 113 cm³/mol. The number of hydrogen-bond donors (Lipinski definition) is 0. The molecule has 5 nitrogen and oxygen atoms in total. The van der Waals surface area contributed by atoms with Crippen LogP contribution in [-0.2, 0) is 4.79 Å². The van der Waals surface area contributed by atoms with Gasteiger partial charge in [-0.1, -0.05) is 42.2 Å². The molecule has 140 valence electrons. The zero-order valence-corrected chi connectivity index (χ0v) is 16.9. The van der Waals surface area contributed by atoms with Crippen molar-refractivity contribution in [1.82, 2.24) is 0 Å². The highest BCUT2D eigenvalue weighted by Crippen LogP contribution is 2.40. The molecule has 0 N–H and O–H groups in total. The minimum Gasteiger partial charge on any atom is -0.495 e. The second-order valence-corrected chi connectivity index (χ2v) is 7.21.